The average molecular weight is 649 g/mol. The third kappa shape index (κ3) is 14.5. The van der Waals surface area contributed by atoms with Gasteiger partial charge in [0.15, 0.2) is 6.10 Å². The molecule has 15 nitrogen and oxygen atoms in total. The van der Waals surface area contributed by atoms with Gasteiger partial charge in [0.1, 0.15) is 6.10 Å². The predicted molar refractivity (Wildman–Crippen MR) is 148 cm³/mol. The molecule has 0 amide bonds. The summed E-state index contributed by atoms with van der Waals surface area (Å²) in [6.45, 7) is 0. The van der Waals surface area contributed by atoms with E-state index in [-0.39, 0.29) is 52.8 Å². The van der Waals surface area contributed by atoms with Crippen molar-refractivity contribution in [3.05, 3.63) is 96.6 Å². The second-order valence-electron chi connectivity index (χ2n) is 7.61. The number of rotatable bonds is 8. The van der Waals surface area contributed by atoms with Gasteiger partial charge in [0.25, 0.3) is 0 Å². The molecule has 2 atom stereocenters. The largest absolute Gasteiger partial charge is 1.00 e. The van der Waals surface area contributed by atoms with Crippen LogP contribution in [0.25, 0.3) is 11.4 Å². The number of aliphatic carboxylic acids is 1. The summed E-state index contributed by atoms with van der Waals surface area (Å²) in [6.07, 6.45) is 5.31. The number of methoxy groups -OCH3 is 3. The third-order valence-corrected chi connectivity index (χ3v) is 5.03. The summed E-state index contributed by atoms with van der Waals surface area (Å²) in [5.74, 6) is -1.66. The summed E-state index contributed by atoms with van der Waals surface area (Å²) < 4.78 is 49.7. The zero-order chi connectivity index (χ0) is 31.7. The van der Waals surface area contributed by atoms with Crippen molar-refractivity contribution in [1.29, 1.82) is 0 Å². The zero-order valence-electron chi connectivity index (χ0n) is 24.0. The second kappa shape index (κ2) is 21.0. The van der Waals surface area contributed by atoms with E-state index in [9.17, 15) is 14.7 Å². The van der Waals surface area contributed by atoms with Crippen LogP contribution in [0.5, 0.6) is 0 Å². The van der Waals surface area contributed by atoms with E-state index in [1.54, 1.807) is 46.0 Å². The van der Waals surface area contributed by atoms with Gasteiger partial charge in [-0.25, -0.2) is 14.2 Å². The first kappa shape index (κ1) is 40.2. The molecule has 0 aliphatic heterocycles. The molecule has 0 aliphatic carbocycles. The third-order valence-electron chi connectivity index (χ3n) is 5.03. The summed E-state index contributed by atoms with van der Waals surface area (Å²) >= 11 is 0. The van der Waals surface area contributed by atoms with E-state index in [2.05, 4.69) is 14.9 Å². The van der Waals surface area contributed by atoms with E-state index in [1.165, 1.54) is 21.3 Å². The van der Waals surface area contributed by atoms with E-state index < -0.39 is 34.5 Å². The number of esters is 1. The molecule has 0 saturated carbocycles. The van der Waals surface area contributed by atoms with Crippen LogP contribution in [0.3, 0.4) is 0 Å². The first-order valence-corrected chi connectivity index (χ1v) is 13.1. The van der Waals surface area contributed by atoms with Crippen LogP contribution in [0.15, 0.2) is 85.5 Å². The maximum absolute atomic E-state index is 11.5. The zero-order valence-corrected chi connectivity index (χ0v) is 28.0. The maximum atomic E-state index is 11.5. The molecule has 230 valence electrons. The molecule has 4 aromatic rings. The summed E-state index contributed by atoms with van der Waals surface area (Å²) in [6, 6.07) is 18.0. The van der Waals surface area contributed by atoms with Crippen molar-refractivity contribution in [2.75, 3.05) is 28.4 Å². The van der Waals surface area contributed by atoms with E-state index in [4.69, 9.17) is 32.1 Å². The topological polar surface area (TPSA) is 215 Å². The number of carbonyl (C=O) groups excluding carboxylic acids is 2. The number of carboxylic acid groups (broad SMARTS) is 1. The number of aromatic nitrogens is 4. The van der Waals surface area contributed by atoms with Gasteiger partial charge in [0, 0.05) is 47.5 Å². The van der Waals surface area contributed by atoms with Crippen LogP contribution in [-0.2, 0) is 34.2 Å². The van der Waals surface area contributed by atoms with Crippen LogP contribution < -0.4 is 56.5 Å². The van der Waals surface area contributed by atoms with Crippen LogP contribution in [0.2, 0.25) is 0 Å². The molecule has 0 bridgehead atoms. The molecule has 3 N–H and O–H groups in total. The van der Waals surface area contributed by atoms with Gasteiger partial charge in [-0.15, -0.1) is 0 Å². The molecule has 2 heterocycles. The fourth-order valence-electron chi connectivity index (χ4n) is 3.29. The van der Waals surface area contributed by atoms with Crippen molar-refractivity contribution in [3.63, 3.8) is 0 Å². The minimum atomic E-state index is -4.67. The number of benzene rings is 2. The van der Waals surface area contributed by atoms with Crippen LogP contribution in [0, 0.1) is 0 Å². The molecule has 0 fully saturated rings. The van der Waals surface area contributed by atoms with Crippen LogP contribution in [-0.4, -0.2) is 82.6 Å². The molecule has 2 unspecified atom stereocenters. The Morgan fingerprint density at radius 2 is 1.14 bits per heavy atom. The summed E-state index contributed by atoms with van der Waals surface area (Å²) in [5, 5.41) is 26.0. The van der Waals surface area contributed by atoms with Gasteiger partial charge in [-0.1, -0.05) is 24.3 Å². The number of carbonyl (C=O) groups is 2. The van der Waals surface area contributed by atoms with Crippen molar-refractivity contribution in [2.24, 2.45) is 0 Å². The van der Waals surface area contributed by atoms with Gasteiger partial charge in [-0.3, -0.25) is 9.11 Å². The Hall–Kier alpha value is -2.81. The molecule has 0 saturated heterocycles. The quantitative estimate of drug-likeness (QED) is 0.110. The Kier molecular flexibility index (Phi) is 19.6. The van der Waals surface area contributed by atoms with Crippen molar-refractivity contribution in [1.82, 2.24) is 19.6 Å². The Bertz CT molecular complexity index is 1430. The first-order chi connectivity index (χ1) is 20.0. The smallest absolute Gasteiger partial charge is 0.547 e. The van der Waals surface area contributed by atoms with Crippen molar-refractivity contribution in [3.8, 4) is 11.4 Å². The number of ether oxygens (including phenoxy) is 3. The Balaban J connectivity index is 0. The number of aliphatic hydroxyl groups excluding tert-OH is 1. The number of hydrogen-bond acceptors (Lipinski definition) is 11. The Morgan fingerprint density at radius 3 is 1.40 bits per heavy atom. The standard InChI is InChI=1S/C13H14N2O3.C12H12N2O3.CH4O.K.H2O4S.H2/c1-17-12(13(16)18-2)10-4-6-11(7-5-10)15-9-3-8-14-15;1-17-11(12(15)16)9-3-5-10(6-4-9)14-8-2-7-13-14;1-2;;1-5(2,3)4;/h3-9,12H,1-2H3;2-8,11H,1H3,(H,15,16);2H,1H3;;(H2,1,2,3,4);1H/q;;;+1;;/p-1. The fourth-order valence-corrected chi connectivity index (χ4v) is 3.29. The predicted octanol–water partition coefficient (Wildman–Crippen LogP) is -1.75. The van der Waals surface area contributed by atoms with Crippen molar-refractivity contribution < 1.29 is 104 Å². The number of aliphatic hydroxyl groups is 1. The van der Waals surface area contributed by atoms with Crippen molar-refractivity contribution >= 4 is 22.3 Å². The van der Waals surface area contributed by atoms with E-state index in [0.29, 0.717) is 5.56 Å². The molecular formula is C26H33KN4O11S. The number of carboxylic acids is 1. The van der Waals surface area contributed by atoms with E-state index in [0.717, 1.165) is 24.0 Å². The Morgan fingerprint density at radius 1 is 0.791 bits per heavy atom. The van der Waals surface area contributed by atoms with E-state index in [1.807, 2.05) is 48.8 Å². The van der Waals surface area contributed by atoms with Crippen molar-refractivity contribution in [2.45, 2.75) is 12.2 Å². The Labute approximate surface area is 292 Å². The van der Waals surface area contributed by atoms with Crippen LogP contribution in [0.1, 0.15) is 24.8 Å². The van der Waals surface area contributed by atoms with Gasteiger partial charge in [0.05, 0.1) is 24.5 Å². The van der Waals surface area contributed by atoms with Gasteiger partial charge < -0.3 is 29.2 Å². The normalized spacial score (nSPS) is 11.4. The summed E-state index contributed by atoms with van der Waals surface area (Å²) in [7, 11) is 0.483. The molecule has 0 spiro atoms. The molecule has 0 radical (unpaired) electrons. The maximum Gasteiger partial charge on any atom is 1.00 e. The van der Waals surface area contributed by atoms with Crippen LogP contribution in [0.4, 0.5) is 0 Å². The van der Waals surface area contributed by atoms with Gasteiger partial charge in [-0.05, 0) is 47.5 Å². The number of nitrogens with zero attached hydrogens (tertiary/aromatic N) is 4. The molecule has 43 heavy (non-hydrogen) atoms. The van der Waals surface area contributed by atoms with Gasteiger partial charge >= 0.3 is 67.8 Å². The molecule has 2 aromatic carbocycles. The monoisotopic (exact) mass is 648 g/mol. The first-order valence-electron chi connectivity index (χ1n) is 11.7. The summed E-state index contributed by atoms with van der Waals surface area (Å²) in [4.78, 5) is 22.3. The molecule has 0 aliphatic rings. The van der Waals surface area contributed by atoms with Gasteiger partial charge in [-0.2, -0.15) is 18.6 Å². The minimum absolute atomic E-state index is 0. The van der Waals surface area contributed by atoms with Gasteiger partial charge in [0.2, 0.25) is 0 Å². The minimum Gasteiger partial charge on any atom is -0.547 e. The average Bonchev–Trinajstić information content (AvgIpc) is 3.70. The molecule has 17 heteroatoms. The van der Waals surface area contributed by atoms with Crippen LogP contribution >= 0.6 is 0 Å². The second-order valence-corrected chi connectivity index (χ2v) is 8.50. The number of hydrogen-bond donors (Lipinski definition) is 3. The summed E-state index contributed by atoms with van der Waals surface area (Å²) in [5.41, 5.74) is 3.07. The molecular weight excluding hydrogens is 615 g/mol. The SMILES string of the molecule is CO.COC(=O)C(OC)c1ccc(-n2cccn2)cc1.COC(C(=O)[O-])c1ccc(-n2cccn2)cc1.O=S(=O)(O)O.[HH].[K+]. The molecule has 4 rings (SSSR count). The van der Waals surface area contributed by atoms with E-state index >= 15 is 0 Å². The fraction of sp³-hybridized carbons (Fsp3) is 0.231. The molecule has 2 aromatic heterocycles.